The van der Waals surface area contributed by atoms with Crippen molar-refractivity contribution >= 4 is 29.1 Å². The molecule has 0 saturated carbocycles. The van der Waals surface area contributed by atoms with Crippen molar-refractivity contribution in [2.24, 2.45) is 0 Å². The maximum Gasteiger partial charge on any atom is 0.132 e. The molecule has 0 aliphatic rings. The van der Waals surface area contributed by atoms with Gasteiger partial charge in [0.05, 0.1) is 5.03 Å². The van der Waals surface area contributed by atoms with Gasteiger partial charge in [-0.2, -0.15) is 0 Å². The van der Waals surface area contributed by atoms with Gasteiger partial charge in [0, 0.05) is 18.0 Å². The van der Waals surface area contributed by atoms with Crippen LogP contribution in [-0.2, 0) is 0 Å². The van der Waals surface area contributed by atoms with Gasteiger partial charge in [0.15, 0.2) is 0 Å². The number of nitrogens with two attached hydrogens (primary N) is 1. The lowest BCUT2D eigenvalue weighted by Gasteiger charge is -2.08. The highest BCUT2D eigenvalue weighted by Crippen LogP contribution is 2.21. The van der Waals surface area contributed by atoms with Gasteiger partial charge in [0.1, 0.15) is 5.15 Å². The second-order valence-corrected chi connectivity index (χ2v) is 4.72. The third-order valence-electron chi connectivity index (χ3n) is 1.58. The van der Waals surface area contributed by atoms with Crippen molar-refractivity contribution in [3.05, 3.63) is 17.3 Å². The Hall–Kier alpha value is -0.450. The number of pyridine rings is 1. The van der Waals surface area contributed by atoms with E-state index in [0.29, 0.717) is 10.8 Å². The quantitative estimate of drug-likeness (QED) is 0.636. The molecule has 0 aromatic carbocycles. The summed E-state index contributed by atoms with van der Waals surface area (Å²) in [7, 11) is 4.08. The summed E-state index contributed by atoms with van der Waals surface area (Å²) in [5, 5.41) is 1.34. The molecule has 78 valence electrons. The number of thioether (sulfide) groups is 1. The van der Waals surface area contributed by atoms with Gasteiger partial charge in [0.2, 0.25) is 0 Å². The third-order valence-corrected chi connectivity index (χ3v) is 2.67. The first-order valence-electron chi connectivity index (χ1n) is 4.28. The van der Waals surface area contributed by atoms with E-state index in [4.69, 9.17) is 17.3 Å². The molecule has 1 aromatic heterocycles. The molecule has 3 nitrogen and oxygen atoms in total. The number of hydrogen-bond donors (Lipinski definition) is 1. The van der Waals surface area contributed by atoms with E-state index in [2.05, 4.69) is 9.88 Å². The van der Waals surface area contributed by atoms with Gasteiger partial charge in [-0.15, -0.1) is 11.8 Å². The molecule has 0 amide bonds. The zero-order valence-corrected chi connectivity index (χ0v) is 9.90. The second-order valence-electron chi connectivity index (χ2n) is 3.21. The summed E-state index contributed by atoms with van der Waals surface area (Å²) < 4.78 is 0. The molecule has 0 fully saturated rings. The Kier molecular flexibility index (Phi) is 4.51. The smallest absolute Gasteiger partial charge is 0.132 e. The first kappa shape index (κ1) is 11.6. The van der Waals surface area contributed by atoms with Crippen molar-refractivity contribution in [3.8, 4) is 0 Å². The van der Waals surface area contributed by atoms with Crippen LogP contribution in [0.1, 0.15) is 0 Å². The SMILES string of the molecule is CN(C)CCSc1cc(N)cc(Cl)n1. The molecule has 1 rings (SSSR count). The predicted molar refractivity (Wildman–Crippen MR) is 62.9 cm³/mol. The summed E-state index contributed by atoms with van der Waals surface area (Å²) in [6.07, 6.45) is 0. The Labute approximate surface area is 93.6 Å². The van der Waals surface area contributed by atoms with Crippen molar-refractivity contribution < 1.29 is 0 Å². The minimum absolute atomic E-state index is 0.456. The summed E-state index contributed by atoms with van der Waals surface area (Å²) in [5.74, 6) is 0.986. The van der Waals surface area contributed by atoms with Crippen LogP contribution in [0.25, 0.3) is 0 Å². The molecule has 0 aliphatic heterocycles. The fourth-order valence-corrected chi connectivity index (χ4v) is 2.21. The first-order chi connectivity index (χ1) is 6.58. The average molecular weight is 232 g/mol. The molecule has 0 radical (unpaired) electrons. The normalized spacial score (nSPS) is 10.9. The van der Waals surface area contributed by atoms with Crippen LogP contribution in [0.2, 0.25) is 5.15 Å². The maximum absolute atomic E-state index is 5.78. The van der Waals surface area contributed by atoms with Gasteiger partial charge in [-0.1, -0.05) is 11.6 Å². The van der Waals surface area contributed by atoms with E-state index in [9.17, 15) is 0 Å². The minimum atomic E-state index is 0.456. The Morgan fingerprint density at radius 3 is 2.79 bits per heavy atom. The molecule has 0 saturated heterocycles. The Balaban J connectivity index is 2.50. The number of rotatable bonds is 4. The molecule has 1 aromatic rings. The number of hydrogen-bond acceptors (Lipinski definition) is 4. The number of aromatic nitrogens is 1. The monoisotopic (exact) mass is 231 g/mol. The second kappa shape index (κ2) is 5.44. The van der Waals surface area contributed by atoms with Gasteiger partial charge < -0.3 is 10.6 Å². The van der Waals surface area contributed by atoms with Crippen LogP contribution in [0.15, 0.2) is 17.2 Å². The van der Waals surface area contributed by atoms with Gasteiger partial charge in [-0.05, 0) is 26.2 Å². The van der Waals surface area contributed by atoms with E-state index < -0.39 is 0 Å². The Morgan fingerprint density at radius 2 is 2.21 bits per heavy atom. The van der Waals surface area contributed by atoms with E-state index in [0.717, 1.165) is 17.3 Å². The number of anilines is 1. The fraction of sp³-hybridized carbons (Fsp3) is 0.444. The Bertz CT molecular complexity index is 284. The summed E-state index contributed by atoms with van der Waals surface area (Å²) in [4.78, 5) is 6.29. The summed E-state index contributed by atoms with van der Waals surface area (Å²) in [6, 6.07) is 3.49. The first-order valence-corrected chi connectivity index (χ1v) is 5.65. The number of nitrogens with zero attached hydrogens (tertiary/aromatic N) is 2. The summed E-state index contributed by atoms with van der Waals surface area (Å²) in [6.45, 7) is 1.01. The van der Waals surface area contributed by atoms with Crippen LogP contribution in [-0.4, -0.2) is 36.3 Å². The van der Waals surface area contributed by atoms with E-state index in [1.165, 1.54) is 0 Å². The molecule has 2 N–H and O–H groups in total. The van der Waals surface area contributed by atoms with Crippen molar-refractivity contribution in [3.63, 3.8) is 0 Å². The van der Waals surface area contributed by atoms with Crippen LogP contribution in [0.4, 0.5) is 5.69 Å². The zero-order valence-electron chi connectivity index (χ0n) is 8.33. The van der Waals surface area contributed by atoms with E-state index in [1.54, 1.807) is 17.8 Å². The van der Waals surface area contributed by atoms with Gasteiger partial charge in [-0.3, -0.25) is 0 Å². The van der Waals surface area contributed by atoms with Crippen molar-refractivity contribution in [1.29, 1.82) is 0 Å². The molecule has 14 heavy (non-hydrogen) atoms. The summed E-state index contributed by atoms with van der Waals surface area (Å²) >= 11 is 7.44. The third kappa shape index (κ3) is 4.17. The topological polar surface area (TPSA) is 42.1 Å². The van der Waals surface area contributed by atoms with Crippen molar-refractivity contribution in [2.75, 3.05) is 32.1 Å². The Morgan fingerprint density at radius 1 is 1.50 bits per heavy atom. The van der Waals surface area contributed by atoms with Crippen LogP contribution in [0.3, 0.4) is 0 Å². The molecular formula is C9H14ClN3S. The van der Waals surface area contributed by atoms with Crippen molar-refractivity contribution in [2.45, 2.75) is 5.03 Å². The average Bonchev–Trinajstić information content (AvgIpc) is 2.01. The molecule has 0 spiro atoms. The zero-order chi connectivity index (χ0) is 10.6. The lowest BCUT2D eigenvalue weighted by Crippen LogP contribution is -2.14. The van der Waals surface area contributed by atoms with Crippen LogP contribution < -0.4 is 5.73 Å². The van der Waals surface area contributed by atoms with E-state index in [1.807, 2.05) is 20.2 Å². The molecule has 5 heteroatoms. The highest BCUT2D eigenvalue weighted by Gasteiger charge is 2.00. The van der Waals surface area contributed by atoms with Gasteiger partial charge >= 0.3 is 0 Å². The number of halogens is 1. The maximum atomic E-state index is 5.78. The van der Waals surface area contributed by atoms with Crippen LogP contribution in [0.5, 0.6) is 0 Å². The van der Waals surface area contributed by atoms with E-state index in [-0.39, 0.29) is 0 Å². The molecule has 0 aliphatic carbocycles. The summed E-state index contributed by atoms with van der Waals surface area (Å²) in [5.41, 5.74) is 6.31. The standard InChI is InChI=1S/C9H14ClN3S/c1-13(2)3-4-14-9-6-7(11)5-8(10)12-9/h5-6H,3-4H2,1-2H3,(H2,11,12). The van der Waals surface area contributed by atoms with Gasteiger partial charge in [-0.25, -0.2) is 4.98 Å². The minimum Gasteiger partial charge on any atom is -0.399 e. The molecule has 0 unspecified atom stereocenters. The lowest BCUT2D eigenvalue weighted by atomic mass is 10.4. The molecule has 0 bridgehead atoms. The van der Waals surface area contributed by atoms with Crippen LogP contribution >= 0.6 is 23.4 Å². The highest BCUT2D eigenvalue weighted by atomic mass is 35.5. The lowest BCUT2D eigenvalue weighted by molar-refractivity contribution is 0.437. The largest absolute Gasteiger partial charge is 0.399 e. The number of nitrogen functional groups attached to an aromatic ring is 1. The molecular weight excluding hydrogens is 218 g/mol. The predicted octanol–water partition coefficient (Wildman–Crippen LogP) is 1.97. The fourth-order valence-electron chi connectivity index (χ4n) is 0.898. The van der Waals surface area contributed by atoms with Gasteiger partial charge in [0.25, 0.3) is 0 Å². The molecule has 1 heterocycles. The van der Waals surface area contributed by atoms with Crippen LogP contribution in [0, 0.1) is 0 Å². The highest BCUT2D eigenvalue weighted by molar-refractivity contribution is 7.99. The molecule has 0 atom stereocenters. The van der Waals surface area contributed by atoms with Crippen molar-refractivity contribution in [1.82, 2.24) is 9.88 Å². The van der Waals surface area contributed by atoms with E-state index >= 15 is 0 Å².